The Morgan fingerprint density at radius 3 is 2.78 bits per heavy atom. The molecule has 1 aromatic rings. The number of nitrogens with one attached hydrogen (secondary N) is 2. The van der Waals surface area contributed by atoms with E-state index in [-0.39, 0.29) is 28.7 Å². The first-order valence-corrected chi connectivity index (χ1v) is 11.8. The third-order valence-electron chi connectivity index (χ3n) is 4.38. The number of anilines is 1. The second-order valence-corrected chi connectivity index (χ2v) is 10.0. The molecule has 27 heavy (non-hydrogen) atoms. The smallest absolute Gasteiger partial charge is 0.224 e. The Kier molecular flexibility index (Phi) is 6.78. The fraction of sp³-hybridized carbons (Fsp3) is 0.556. The summed E-state index contributed by atoms with van der Waals surface area (Å²) in [6, 6.07) is 7.51. The molecule has 0 aromatic heterocycles. The third-order valence-corrected chi connectivity index (χ3v) is 7.52. The molecule has 2 aliphatic heterocycles. The maximum Gasteiger partial charge on any atom is 0.224 e. The highest BCUT2D eigenvalue weighted by Gasteiger charge is 2.42. The van der Waals surface area contributed by atoms with E-state index in [2.05, 4.69) is 15.6 Å². The van der Waals surface area contributed by atoms with Crippen LogP contribution in [0.5, 0.6) is 0 Å². The summed E-state index contributed by atoms with van der Waals surface area (Å²) in [5, 5.41) is 6.92. The molecule has 2 atom stereocenters. The van der Waals surface area contributed by atoms with Crippen molar-refractivity contribution in [3.63, 3.8) is 0 Å². The predicted octanol–water partition coefficient (Wildman–Crippen LogP) is 1.45. The molecule has 0 bridgehead atoms. The quantitative estimate of drug-likeness (QED) is 0.629. The topological polar surface area (TPSA) is 96.9 Å². The van der Waals surface area contributed by atoms with Gasteiger partial charge in [-0.2, -0.15) is 0 Å². The van der Waals surface area contributed by atoms with Crippen LogP contribution in [0.2, 0.25) is 0 Å². The number of ether oxygens (including phenoxy) is 1. The summed E-state index contributed by atoms with van der Waals surface area (Å²) in [6.07, 6.45) is 1.15. The molecular formula is C18H25N3O4S2. The molecule has 2 unspecified atom stereocenters. The number of aliphatic imine (C=N–C) groups is 1. The Morgan fingerprint density at radius 2 is 2.07 bits per heavy atom. The molecule has 7 nitrogen and oxygen atoms in total. The van der Waals surface area contributed by atoms with Crippen molar-refractivity contribution in [1.82, 2.24) is 5.32 Å². The largest absolute Gasteiger partial charge is 0.382 e. The second-order valence-electron chi connectivity index (χ2n) is 6.63. The van der Waals surface area contributed by atoms with Crippen LogP contribution in [0.4, 0.5) is 5.69 Å². The summed E-state index contributed by atoms with van der Waals surface area (Å²) in [6.45, 7) is 3.92. The lowest BCUT2D eigenvalue weighted by Gasteiger charge is -2.08. The minimum Gasteiger partial charge on any atom is -0.382 e. The van der Waals surface area contributed by atoms with Gasteiger partial charge in [-0.25, -0.2) is 8.42 Å². The fourth-order valence-corrected chi connectivity index (χ4v) is 6.72. The van der Waals surface area contributed by atoms with Gasteiger partial charge in [0, 0.05) is 30.7 Å². The molecule has 9 heteroatoms. The first kappa shape index (κ1) is 20.2. The summed E-state index contributed by atoms with van der Waals surface area (Å²) in [4.78, 5) is 16.4. The van der Waals surface area contributed by atoms with Gasteiger partial charge in [0.05, 0.1) is 24.0 Å². The van der Waals surface area contributed by atoms with Crippen LogP contribution >= 0.6 is 11.8 Å². The Hall–Kier alpha value is -1.58. The molecule has 3 rings (SSSR count). The van der Waals surface area contributed by atoms with Gasteiger partial charge in [-0.3, -0.25) is 9.79 Å². The molecule has 2 aliphatic rings. The minimum absolute atomic E-state index is 0.00281. The predicted molar refractivity (Wildman–Crippen MR) is 109 cm³/mol. The number of thioether (sulfide) groups is 1. The van der Waals surface area contributed by atoms with E-state index in [1.807, 2.05) is 31.2 Å². The molecule has 1 aromatic carbocycles. The number of benzene rings is 1. The normalized spacial score (nSPS) is 22.9. The van der Waals surface area contributed by atoms with Crippen molar-refractivity contribution in [1.29, 1.82) is 0 Å². The zero-order valence-corrected chi connectivity index (χ0v) is 16.9. The van der Waals surface area contributed by atoms with Gasteiger partial charge in [0.2, 0.25) is 5.91 Å². The number of amides is 1. The Labute approximate surface area is 164 Å². The van der Waals surface area contributed by atoms with Crippen molar-refractivity contribution < 1.29 is 17.9 Å². The van der Waals surface area contributed by atoms with Gasteiger partial charge in [-0.1, -0.05) is 23.9 Å². The van der Waals surface area contributed by atoms with Gasteiger partial charge in [-0.15, -0.1) is 0 Å². The molecule has 1 amide bonds. The highest BCUT2D eigenvalue weighted by atomic mass is 32.2. The molecular weight excluding hydrogens is 386 g/mol. The highest BCUT2D eigenvalue weighted by Crippen LogP contribution is 2.34. The van der Waals surface area contributed by atoms with Crippen molar-refractivity contribution >= 4 is 38.4 Å². The number of carbonyl (C=O) groups excluding carboxylic acids is 1. The molecule has 0 saturated carbocycles. The van der Waals surface area contributed by atoms with Crippen LogP contribution in [0.15, 0.2) is 29.3 Å². The van der Waals surface area contributed by atoms with Crippen LogP contribution < -0.4 is 10.6 Å². The molecule has 0 spiro atoms. The molecule has 2 N–H and O–H groups in total. The van der Waals surface area contributed by atoms with Gasteiger partial charge in [0.15, 0.2) is 15.0 Å². The summed E-state index contributed by atoms with van der Waals surface area (Å²) < 4.78 is 28.4. The van der Waals surface area contributed by atoms with Crippen molar-refractivity contribution in [3.8, 4) is 0 Å². The van der Waals surface area contributed by atoms with E-state index in [0.29, 0.717) is 26.2 Å². The lowest BCUT2D eigenvalue weighted by Crippen LogP contribution is -2.26. The van der Waals surface area contributed by atoms with E-state index in [1.165, 1.54) is 11.8 Å². The minimum atomic E-state index is -2.93. The first-order chi connectivity index (χ1) is 12.9. The number of hydrogen-bond acceptors (Lipinski definition) is 7. The standard InChI is InChI=1S/C18H25N3O4S2/c1-2-25-9-3-8-19-17(22)10-13-4-6-14(7-5-13)20-18-21-15-11-27(23,24)12-16(15)26-18/h4-7,15-16H,2-3,8-12H2,1H3,(H,19,22)(H,20,21). The van der Waals surface area contributed by atoms with E-state index in [4.69, 9.17) is 4.74 Å². The summed E-state index contributed by atoms with van der Waals surface area (Å²) in [7, 11) is -2.93. The van der Waals surface area contributed by atoms with Gasteiger partial charge < -0.3 is 15.4 Å². The summed E-state index contributed by atoms with van der Waals surface area (Å²) >= 11 is 1.49. The van der Waals surface area contributed by atoms with Gasteiger partial charge in [-0.05, 0) is 31.0 Å². The van der Waals surface area contributed by atoms with E-state index >= 15 is 0 Å². The number of rotatable bonds is 8. The molecule has 148 valence electrons. The number of nitrogens with zero attached hydrogens (tertiary/aromatic N) is 1. The zero-order valence-electron chi connectivity index (χ0n) is 15.3. The molecule has 0 aliphatic carbocycles. The average molecular weight is 412 g/mol. The Morgan fingerprint density at radius 1 is 1.30 bits per heavy atom. The number of carbonyl (C=O) groups is 1. The maximum absolute atomic E-state index is 11.9. The highest BCUT2D eigenvalue weighted by molar-refractivity contribution is 8.15. The SMILES string of the molecule is CCOCCCNC(=O)Cc1ccc(NC2=NC3CS(=O)(=O)CC3S2)cc1. The molecule has 2 heterocycles. The van der Waals surface area contributed by atoms with Crippen LogP contribution in [-0.4, -0.2) is 62.0 Å². The third kappa shape index (κ3) is 5.95. The van der Waals surface area contributed by atoms with E-state index in [0.717, 1.165) is 22.8 Å². The number of amidine groups is 1. The van der Waals surface area contributed by atoms with Gasteiger partial charge in [0.25, 0.3) is 0 Å². The van der Waals surface area contributed by atoms with Crippen molar-refractivity contribution in [3.05, 3.63) is 29.8 Å². The lowest BCUT2D eigenvalue weighted by molar-refractivity contribution is -0.120. The van der Waals surface area contributed by atoms with Crippen molar-refractivity contribution in [2.45, 2.75) is 31.1 Å². The van der Waals surface area contributed by atoms with E-state index in [9.17, 15) is 13.2 Å². The number of sulfone groups is 1. The van der Waals surface area contributed by atoms with Crippen LogP contribution in [0.25, 0.3) is 0 Å². The second kappa shape index (κ2) is 9.07. The van der Waals surface area contributed by atoms with Crippen LogP contribution in [0.3, 0.4) is 0 Å². The monoisotopic (exact) mass is 411 g/mol. The molecule has 1 fully saturated rings. The number of fused-ring (bicyclic) bond motifs is 1. The zero-order chi connectivity index (χ0) is 19.3. The van der Waals surface area contributed by atoms with Gasteiger partial charge in [0.1, 0.15) is 0 Å². The Balaban J connectivity index is 1.43. The van der Waals surface area contributed by atoms with Crippen molar-refractivity contribution in [2.75, 3.05) is 36.6 Å². The first-order valence-electron chi connectivity index (χ1n) is 9.10. The number of hydrogen-bond donors (Lipinski definition) is 2. The van der Waals surface area contributed by atoms with Crippen molar-refractivity contribution in [2.24, 2.45) is 4.99 Å². The maximum atomic E-state index is 11.9. The van der Waals surface area contributed by atoms with Gasteiger partial charge >= 0.3 is 0 Å². The average Bonchev–Trinajstić information content (AvgIpc) is 3.09. The lowest BCUT2D eigenvalue weighted by atomic mass is 10.1. The Bertz CT molecular complexity index is 793. The fourth-order valence-electron chi connectivity index (χ4n) is 3.04. The molecule has 1 saturated heterocycles. The van der Waals surface area contributed by atoms with Crippen LogP contribution in [0.1, 0.15) is 18.9 Å². The van der Waals surface area contributed by atoms with Crippen LogP contribution in [0, 0.1) is 0 Å². The summed E-state index contributed by atoms with van der Waals surface area (Å²) in [5.74, 6) is 0.348. The molecule has 0 radical (unpaired) electrons. The van der Waals surface area contributed by atoms with E-state index < -0.39 is 9.84 Å². The summed E-state index contributed by atoms with van der Waals surface area (Å²) in [5.41, 5.74) is 1.82. The van der Waals surface area contributed by atoms with Crippen LogP contribution in [-0.2, 0) is 25.8 Å². The van der Waals surface area contributed by atoms with E-state index in [1.54, 1.807) is 0 Å².